The van der Waals surface area contributed by atoms with Crippen molar-refractivity contribution in [3.05, 3.63) is 11.1 Å². The average molecular weight is 238 g/mol. The fourth-order valence-electron chi connectivity index (χ4n) is 3.40. The number of hydrogen-bond donors (Lipinski definition) is 2. The highest BCUT2D eigenvalue weighted by Gasteiger charge is 2.46. The van der Waals surface area contributed by atoms with Crippen LogP contribution in [-0.2, 0) is 0 Å². The molecule has 4 nitrogen and oxygen atoms in total. The summed E-state index contributed by atoms with van der Waals surface area (Å²) in [5.41, 5.74) is 3.00. The first-order valence-electron chi connectivity index (χ1n) is 5.80. The molecule has 0 atom stereocenters. The third-order valence-electron chi connectivity index (χ3n) is 3.51. The molecular weight excluding hydrogens is 216 g/mol. The first-order valence-corrected chi connectivity index (χ1v) is 5.80. The molecule has 0 heterocycles. The van der Waals surface area contributed by atoms with Crippen LogP contribution in [0.25, 0.3) is 0 Å². The van der Waals surface area contributed by atoms with Gasteiger partial charge in [-0.3, -0.25) is 0 Å². The summed E-state index contributed by atoms with van der Waals surface area (Å²) in [6.07, 6.45) is 0.935. The molecule has 0 spiro atoms. The molecule has 96 valence electrons. The Kier molecular flexibility index (Phi) is 3.37. The van der Waals surface area contributed by atoms with Crippen LogP contribution in [0.15, 0.2) is 21.5 Å². The number of hydrogen-bond acceptors (Lipinski definition) is 4. The molecule has 0 unspecified atom stereocenters. The molecule has 0 amide bonds. The second-order valence-corrected chi connectivity index (χ2v) is 6.07. The minimum absolute atomic E-state index is 0.0822. The molecule has 4 heteroatoms. The Labute approximate surface area is 103 Å². The summed E-state index contributed by atoms with van der Waals surface area (Å²) < 4.78 is 0. The van der Waals surface area contributed by atoms with Crippen molar-refractivity contribution in [1.82, 2.24) is 0 Å². The third kappa shape index (κ3) is 2.21. The van der Waals surface area contributed by atoms with Crippen LogP contribution in [0.3, 0.4) is 0 Å². The van der Waals surface area contributed by atoms with Crippen molar-refractivity contribution in [2.75, 3.05) is 0 Å². The molecule has 0 aromatic carbocycles. The van der Waals surface area contributed by atoms with E-state index in [0.29, 0.717) is 11.4 Å². The van der Waals surface area contributed by atoms with E-state index >= 15 is 0 Å². The third-order valence-corrected chi connectivity index (χ3v) is 3.51. The minimum atomic E-state index is -0.0822. The van der Waals surface area contributed by atoms with Gasteiger partial charge in [-0.2, -0.15) is 0 Å². The van der Waals surface area contributed by atoms with E-state index in [4.69, 9.17) is 10.4 Å². The van der Waals surface area contributed by atoms with Crippen molar-refractivity contribution in [3.8, 4) is 0 Å². The Morgan fingerprint density at radius 1 is 0.882 bits per heavy atom. The number of rotatable bonds is 2. The van der Waals surface area contributed by atoms with Gasteiger partial charge >= 0.3 is 0 Å². The lowest BCUT2D eigenvalue weighted by molar-refractivity contribution is 0.307. The zero-order valence-electron chi connectivity index (χ0n) is 11.5. The normalized spacial score (nSPS) is 24.4. The Bertz CT molecular complexity index is 377. The monoisotopic (exact) mass is 238 g/mol. The molecule has 0 aliphatic heterocycles. The van der Waals surface area contributed by atoms with Gasteiger partial charge in [-0.25, -0.2) is 0 Å². The van der Waals surface area contributed by atoms with Gasteiger partial charge in [0.2, 0.25) is 0 Å². The highest BCUT2D eigenvalue weighted by molar-refractivity contribution is 6.11. The molecule has 1 rings (SSSR count). The smallest absolute Gasteiger partial charge is 0.0805 e. The number of allylic oxidation sites excluding steroid dienone is 2. The van der Waals surface area contributed by atoms with E-state index in [1.54, 1.807) is 13.8 Å². The second kappa shape index (κ2) is 4.17. The van der Waals surface area contributed by atoms with Crippen LogP contribution in [0.4, 0.5) is 0 Å². The SMILES string of the molecule is C/C(=N\O)C1=C(/C(C)=N/O)C(C)(C)CC1(C)C. The van der Waals surface area contributed by atoms with Crippen LogP contribution >= 0.6 is 0 Å². The van der Waals surface area contributed by atoms with Gasteiger partial charge in [0, 0.05) is 0 Å². The predicted octanol–water partition coefficient (Wildman–Crippen LogP) is 3.44. The lowest BCUT2D eigenvalue weighted by atomic mass is 9.79. The van der Waals surface area contributed by atoms with Gasteiger partial charge < -0.3 is 10.4 Å². The lowest BCUT2D eigenvalue weighted by Crippen LogP contribution is -2.18. The highest BCUT2D eigenvalue weighted by atomic mass is 16.4. The Hall–Kier alpha value is -1.32. The van der Waals surface area contributed by atoms with Crippen molar-refractivity contribution >= 4 is 11.4 Å². The number of oxime groups is 2. The molecule has 17 heavy (non-hydrogen) atoms. The van der Waals surface area contributed by atoms with E-state index in [0.717, 1.165) is 17.6 Å². The summed E-state index contributed by atoms with van der Waals surface area (Å²) in [5.74, 6) is 0. The Morgan fingerprint density at radius 2 is 1.18 bits per heavy atom. The maximum Gasteiger partial charge on any atom is 0.0805 e. The fraction of sp³-hybridized carbons (Fsp3) is 0.692. The van der Waals surface area contributed by atoms with E-state index in [2.05, 4.69) is 38.0 Å². The van der Waals surface area contributed by atoms with Crippen molar-refractivity contribution in [2.24, 2.45) is 21.1 Å². The van der Waals surface area contributed by atoms with E-state index in [1.165, 1.54) is 0 Å². The lowest BCUT2D eigenvalue weighted by Gasteiger charge is -2.25. The van der Waals surface area contributed by atoms with E-state index < -0.39 is 0 Å². The van der Waals surface area contributed by atoms with Crippen molar-refractivity contribution in [3.63, 3.8) is 0 Å². The van der Waals surface area contributed by atoms with Gasteiger partial charge in [0.15, 0.2) is 0 Å². The summed E-state index contributed by atoms with van der Waals surface area (Å²) >= 11 is 0. The van der Waals surface area contributed by atoms with Crippen molar-refractivity contribution < 1.29 is 10.4 Å². The molecule has 0 saturated carbocycles. The molecule has 0 radical (unpaired) electrons. The van der Waals surface area contributed by atoms with Crippen LogP contribution in [-0.4, -0.2) is 21.8 Å². The Morgan fingerprint density at radius 3 is 1.41 bits per heavy atom. The molecule has 0 fully saturated rings. The van der Waals surface area contributed by atoms with Gasteiger partial charge in [-0.15, -0.1) is 0 Å². The van der Waals surface area contributed by atoms with E-state index in [9.17, 15) is 0 Å². The van der Waals surface area contributed by atoms with Gasteiger partial charge in [0.1, 0.15) is 0 Å². The second-order valence-electron chi connectivity index (χ2n) is 6.07. The molecule has 2 N–H and O–H groups in total. The largest absolute Gasteiger partial charge is 0.411 e. The van der Waals surface area contributed by atoms with Gasteiger partial charge in [-0.1, -0.05) is 38.0 Å². The zero-order chi connectivity index (χ0) is 13.4. The highest BCUT2D eigenvalue weighted by Crippen LogP contribution is 2.53. The maximum atomic E-state index is 9.02. The van der Waals surface area contributed by atoms with Crippen LogP contribution in [0.5, 0.6) is 0 Å². The van der Waals surface area contributed by atoms with Crippen LogP contribution in [0.1, 0.15) is 48.0 Å². The van der Waals surface area contributed by atoms with Crippen LogP contribution in [0, 0.1) is 10.8 Å². The van der Waals surface area contributed by atoms with Crippen molar-refractivity contribution in [2.45, 2.75) is 48.0 Å². The summed E-state index contributed by atoms with van der Waals surface area (Å²) in [7, 11) is 0. The minimum Gasteiger partial charge on any atom is -0.411 e. The summed E-state index contributed by atoms with van der Waals surface area (Å²) in [6.45, 7) is 12.0. The van der Waals surface area contributed by atoms with Crippen LogP contribution in [0.2, 0.25) is 0 Å². The topological polar surface area (TPSA) is 65.2 Å². The van der Waals surface area contributed by atoms with Gasteiger partial charge in [-0.05, 0) is 42.2 Å². The molecule has 1 aliphatic rings. The first kappa shape index (κ1) is 13.7. The van der Waals surface area contributed by atoms with Crippen molar-refractivity contribution in [1.29, 1.82) is 0 Å². The zero-order valence-corrected chi connectivity index (χ0v) is 11.5. The first-order chi connectivity index (χ1) is 7.67. The molecule has 0 aromatic heterocycles. The average Bonchev–Trinajstić information content (AvgIpc) is 2.40. The summed E-state index contributed by atoms with van der Waals surface area (Å²) in [6, 6.07) is 0. The molecule has 0 saturated heterocycles. The standard InChI is InChI=1S/C13H22N2O2/c1-8(14-16)10-11(9(2)15-17)13(5,6)7-12(10,3)4/h16-17H,7H2,1-6H3/b14-8+,15-9+. The maximum absolute atomic E-state index is 9.02. The summed E-state index contributed by atoms with van der Waals surface area (Å²) in [5, 5.41) is 24.7. The van der Waals surface area contributed by atoms with E-state index in [-0.39, 0.29) is 10.8 Å². The quantitative estimate of drug-likeness (QED) is 0.439. The summed E-state index contributed by atoms with van der Waals surface area (Å²) in [4.78, 5) is 0. The van der Waals surface area contributed by atoms with Gasteiger partial charge in [0.25, 0.3) is 0 Å². The molecule has 0 bridgehead atoms. The molecule has 0 aromatic rings. The fourth-order valence-corrected chi connectivity index (χ4v) is 3.40. The van der Waals surface area contributed by atoms with E-state index in [1.807, 2.05) is 0 Å². The molecular formula is C13H22N2O2. The molecule has 1 aliphatic carbocycles. The Balaban J connectivity index is 3.57. The van der Waals surface area contributed by atoms with Crippen LogP contribution < -0.4 is 0 Å². The number of nitrogens with zero attached hydrogens (tertiary/aromatic N) is 2. The predicted molar refractivity (Wildman–Crippen MR) is 69.0 cm³/mol. The van der Waals surface area contributed by atoms with Gasteiger partial charge in [0.05, 0.1) is 11.4 Å².